The number of rotatable bonds is 3. The first-order valence-electron chi connectivity index (χ1n) is 3.27. The minimum absolute atomic E-state index is 0.132. The highest BCUT2D eigenvalue weighted by Crippen LogP contribution is 2.05. The van der Waals surface area contributed by atoms with Gasteiger partial charge >= 0.3 is 0 Å². The Hall–Kier alpha value is -1.16. The summed E-state index contributed by atoms with van der Waals surface area (Å²) < 4.78 is 4.50. The number of carbonyl (C=O) groups excluding carboxylic acids is 1. The van der Waals surface area contributed by atoms with Gasteiger partial charge in [0, 0.05) is 5.69 Å². The normalized spacial score (nSPS) is 9.50. The van der Waals surface area contributed by atoms with Crippen LogP contribution in [0.5, 0.6) is 0 Å². The quantitative estimate of drug-likeness (QED) is 0.524. The number of nitrogens with zero attached hydrogens (tertiary/aromatic N) is 2. The molecule has 0 radical (unpaired) electrons. The average Bonchev–Trinajstić information content (AvgIpc) is 1.99. The van der Waals surface area contributed by atoms with Crippen molar-refractivity contribution in [3.63, 3.8) is 0 Å². The van der Waals surface area contributed by atoms with Crippen molar-refractivity contribution in [1.29, 1.82) is 0 Å². The van der Waals surface area contributed by atoms with Gasteiger partial charge in [-0.25, -0.2) is 9.97 Å². The van der Waals surface area contributed by atoms with Gasteiger partial charge in [0.1, 0.15) is 6.61 Å². The fourth-order valence-corrected chi connectivity index (χ4v) is 1.03. The van der Waals surface area contributed by atoms with Gasteiger partial charge < -0.3 is 4.74 Å². The molecule has 0 atom stereocenters. The van der Waals surface area contributed by atoms with Crippen molar-refractivity contribution in [1.82, 2.24) is 9.97 Å². The number of aromatic nitrogens is 2. The van der Waals surface area contributed by atoms with Crippen LogP contribution in [0, 0.1) is 6.92 Å². The summed E-state index contributed by atoms with van der Waals surface area (Å²) in [6.45, 7) is 2.29. The van der Waals surface area contributed by atoms with E-state index in [4.69, 9.17) is 11.6 Å². The lowest BCUT2D eigenvalue weighted by Crippen LogP contribution is -1.97. The van der Waals surface area contributed by atoms with Gasteiger partial charge in [-0.1, -0.05) is 0 Å². The highest BCUT2D eigenvalue weighted by molar-refractivity contribution is 6.28. The molecule has 5 heteroatoms. The lowest BCUT2D eigenvalue weighted by molar-refractivity contribution is -0.129. The van der Waals surface area contributed by atoms with Crippen molar-refractivity contribution in [2.75, 3.05) is 0 Å². The average molecular weight is 187 g/mol. The molecule has 1 aromatic heterocycles. The minimum atomic E-state index is 0.132. The van der Waals surface area contributed by atoms with Crippen LogP contribution < -0.4 is 0 Å². The van der Waals surface area contributed by atoms with Crippen molar-refractivity contribution < 1.29 is 9.53 Å². The third kappa shape index (κ3) is 2.47. The smallest absolute Gasteiger partial charge is 0.293 e. The predicted octanol–water partition coefficient (Wildman–Crippen LogP) is 1.11. The molecule has 1 rings (SSSR count). The van der Waals surface area contributed by atoms with E-state index in [0.717, 1.165) is 5.69 Å². The van der Waals surface area contributed by atoms with Crippen LogP contribution in [0.1, 0.15) is 11.4 Å². The van der Waals surface area contributed by atoms with Crippen LogP contribution in [0.25, 0.3) is 0 Å². The lowest BCUT2D eigenvalue weighted by atomic mass is 10.3. The molecule has 0 N–H and O–H groups in total. The van der Waals surface area contributed by atoms with Gasteiger partial charge in [-0.2, -0.15) is 0 Å². The Bertz CT molecular complexity index is 270. The van der Waals surface area contributed by atoms with Crippen LogP contribution in [-0.4, -0.2) is 16.4 Å². The summed E-state index contributed by atoms with van der Waals surface area (Å²) >= 11 is 5.56. The number of halogens is 1. The van der Waals surface area contributed by atoms with Crippen molar-refractivity contribution in [2.24, 2.45) is 0 Å². The Morgan fingerprint density at radius 3 is 3.00 bits per heavy atom. The molecule has 0 fully saturated rings. The Morgan fingerprint density at radius 2 is 2.42 bits per heavy atom. The summed E-state index contributed by atoms with van der Waals surface area (Å²) in [6, 6.07) is 1.70. The molecule has 0 unspecified atom stereocenters. The minimum Gasteiger partial charge on any atom is -0.461 e. The van der Waals surface area contributed by atoms with E-state index in [1.54, 1.807) is 13.0 Å². The number of aryl methyl sites for hydroxylation is 1. The molecule has 0 saturated carbocycles. The molecule has 1 heterocycles. The first-order chi connectivity index (χ1) is 5.72. The second-order valence-corrected chi connectivity index (χ2v) is 2.51. The first kappa shape index (κ1) is 8.93. The predicted molar refractivity (Wildman–Crippen MR) is 42.6 cm³/mol. The molecule has 64 valence electrons. The van der Waals surface area contributed by atoms with E-state index in [1.165, 1.54) is 0 Å². The van der Waals surface area contributed by atoms with E-state index in [9.17, 15) is 4.79 Å². The Kier molecular flexibility index (Phi) is 2.99. The van der Waals surface area contributed by atoms with Crippen LogP contribution in [0.3, 0.4) is 0 Å². The molecule has 0 amide bonds. The van der Waals surface area contributed by atoms with Gasteiger partial charge in [0.2, 0.25) is 5.28 Å². The summed E-state index contributed by atoms with van der Waals surface area (Å²) in [5, 5.41) is 0.166. The summed E-state index contributed by atoms with van der Waals surface area (Å²) in [5.74, 6) is 0. The maximum Gasteiger partial charge on any atom is 0.293 e. The molecule has 0 aliphatic carbocycles. The van der Waals surface area contributed by atoms with Gasteiger partial charge in [-0.15, -0.1) is 0 Å². The van der Waals surface area contributed by atoms with Crippen LogP contribution in [0.2, 0.25) is 5.28 Å². The molecular formula is C7H7ClN2O2. The zero-order valence-corrected chi connectivity index (χ0v) is 7.21. The highest BCUT2D eigenvalue weighted by Gasteiger charge is 1.99. The maximum absolute atomic E-state index is 9.85. The molecule has 0 bridgehead atoms. The third-order valence-electron chi connectivity index (χ3n) is 1.18. The van der Waals surface area contributed by atoms with Crippen LogP contribution in [-0.2, 0) is 16.1 Å². The largest absolute Gasteiger partial charge is 0.461 e. The number of ether oxygens (including phenoxy) is 1. The summed E-state index contributed by atoms with van der Waals surface area (Å²) in [6.07, 6.45) is 0. The Morgan fingerprint density at radius 1 is 1.67 bits per heavy atom. The second-order valence-electron chi connectivity index (χ2n) is 2.18. The first-order valence-corrected chi connectivity index (χ1v) is 3.65. The second kappa shape index (κ2) is 4.01. The summed E-state index contributed by atoms with van der Waals surface area (Å²) in [4.78, 5) is 17.5. The standard InChI is InChI=1S/C7H7ClN2O2/c1-5-2-6(3-12-4-11)10-7(8)9-5/h2,4H,3H2,1H3. The zero-order valence-electron chi connectivity index (χ0n) is 6.45. The van der Waals surface area contributed by atoms with E-state index in [1.807, 2.05) is 0 Å². The molecular weight excluding hydrogens is 180 g/mol. The van der Waals surface area contributed by atoms with Crippen LogP contribution in [0.15, 0.2) is 6.07 Å². The van der Waals surface area contributed by atoms with Gasteiger partial charge in [-0.05, 0) is 24.6 Å². The molecule has 0 aromatic carbocycles. The van der Waals surface area contributed by atoms with Gasteiger partial charge in [-0.3, -0.25) is 4.79 Å². The van der Waals surface area contributed by atoms with Crippen LogP contribution in [0.4, 0.5) is 0 Å². The molecule has 0 saturated heterocycles. The van der Waals surface area contributed by atoms with Gasteiger partial charge in [0.15, 0.2) is 0 Å². The summed E-state index contributed by atoms with van der Waals surface area (Å²) in [7, 11) is 0. The topological polar surface area (TPSA) is 52.1 Å². The van der Waals surface area contributed by atoms with E-state index >= 15 is 0 Å². The van der Waals surface area contributed by atoms with E-state index in [-0.39, 0.29) is 11.9 Å². The molecule has 12 heavy (non-hydrogen) atoms. The summed E-state index contributed by atoms with van der Waals surface area (Å²) in [5.41, 5.74) is 1.35. The van der Waals surface area contributed by atoms with E-state index in [2.05, 4.69) is 14.7 Å². The van der Waals surface area contributed by atoms with Gasteiger partial charge in [0.25, 0.3) is 6.47 Å². The zero-order chi connectivity index (χ0) is 8.97. The number of carbonyl (C=O) groups is 1. The third-order valence-corrected chi connectivity index (χ3v) is 1.35. The fraction of sp³-hybridized carbons (Fsp3) is 0.286. The molecule has 0 aliphatic heterocycles. The van der Waals surface area contributed by atoms with Crippen LogP contribution >= 0.6 is 11.6 Å². The van der Waals surface area contributed by atoms with E-state index in [0.29, 0.717) is 12.2 Å². The molecule has 4 nitrogen and oxygen atoms in total. The Labute approximate surface area is 74.5 Å². The molecule has 0 aliphatic rings. The fourth-order valence-electron chi connectivity index (χ4n) is 0.788. The molecule has 1 aromatic rings. The van der Waals surface area contributed by atoms with Crippen molar-refractivity contribution in [2.45, 2.75) is 13.5 Å². The van der Waals surface area contributed by atoms with Gasteiger partial charge in [0.05, 0.1) is 5.69 Å². The lowest BCUT2D eigenvalue weighted by Gasteiger charge is -1.99. The highest BCUT2D eigenvalue weighted by atomic mass is 35.5. The number of hydrogen-bond acceptors (Lipinski definition) is 4. The number of hydrogen-bond donors (Lipinski definition) is 0. The van der Waals surface area contributed by atoms with Crippen molar-refractivity contribution >= 4 is 18.1 Å². The van der Waals surface area contributed by atoms with E-state index < -0.39 is 0 Å². The Balaban J connectivity index is 2.78. The monoisotopic (exact) mass is 186 g/mol. The van der Waals surface area contributed by atoms with Crippen molar-refractivity contribution in [3.8, 4) is 0 Å². The molecule has 0 spiro atoms. The van der Waals surface area contributed by atoms with Crippen molar-refractivity contribution in [3.05, 3.63) is 22.7 Å². The SMILES string of the molecule is Cc1cc(COC=O)nc(Cl)n1. The maximum atomic E-state index is 9.85.